The Morgan fingerprint density at radius 1 is 1.20 bits per heavy atom. The van der Waals surface area contributed by atoms with Crippen LogP contribution in [0.1, 0.15) is 5.71 Å². The molecule has 0 radical (unpaired) electrons. The number of hydrogen-bond acceptors (Lipinski definition) is 3. The second-order valence-corrected chi connectivity index (χ2v) is 1.72. The Morgan fingerprint density at radius 2 is 1.30 bits per heavy atom. The second-order valence-electron chi connectivity index (χ2n) is 0.572. The maximum atomic E-state index is 9.22. The molecule has 0 aliphatic rings. The monoisotopic (exact) mass is 242 g/mol. The van der Waals surface area contributed by atoms with E-state index < -0.39 is 7.82 Å². The normalized spacial score (nSPS) is 7.10. The standard InChI is InChI=1S/2K.2Na.H3O5P.4H/c;;;;1-5-6(2,3)4;;;;/h;;;;1H,(H2,2,3,4);;;;/q4*+1;;4*-1. The maximum Gasteiger partial charge on any atom is 1.00 e. The number of rotatable bonds is 1. The van der Waals surface area contributed by atoms with Crippen LogP contribution in [0.15, 0.2) is 0 Å². The minimum atomic E-state index is -4.59. The molecule has 0 bridgehead atoms. The van der Waals surface area contributed by atoms with Gasteiger partial charge in [0.05, 0.1) is 0 Å². The van der Waals surface area contributed by atoms with Gasteiger partial charge in [0.2, 0.25) is 0 Å². The second kappa shape index (κ2) is 16.8. The third kappa shape index (κ3) is 29.2. The Bertz CT molecular complexity index is 93.8. The largest absolute Gasteiger partial charge is 1.00 e. The van der Waals surface area contributed by atoms with Gasteiger partial charge in [0.25, 0.3) is 0 Å². The average Bonchev–Trinajstić information content (AvgIpc) is 1.35. The quantitative estimate of drug-likeness (QED) is 0.184. The van der Waals surface area contributed by atoms with E-state index in [1.165, 1.54) is 0 Å². The average molecular weight is 242 g/mol. The van der Waals surface area contributed by atoms with E-state index in [0.717, 1.165) is 0 Å². The van der Waals surface area contributed by atoms with Gasteiger partial charge in [0, 0.05) is 0 Å². The Hall–Kier alpha value is 5.34. The third-order valence-electron chi connectivity index (χ3n) is 0.106. The van der Waals surface area contributed by atoms with Crippen molar-refractivity contribution in [1.82, 2.24) is 0 Å². The van der Waals surface area contributed by atoms with Crippen molar-refractivity contribution in [3.05, 3.63) is 0 Å². The smallest absolute Gasteiger partial charge is 1.00 e. The van der Waals surface area contributed by atoms with Gasteiger partial charge in [-0.3, -0.25) is 0 Å². The van der Waals surface area contributed by atoms with Crippen LogP contribution in [0.25, 0.3) is 0 Å². The SMILES string of the molecule is O=P(O)(O)OO.[H-].[H-].[H-].[H-].[K+].[K+].[Na+].[Na+]. The van der Waals surface area contributed by atoms with Gasteiger partial charge in [-0.2, -0.15) is 0 Å². The van der Waals surface area contributed by atoms with Gasteiger partial charge in [-0.1, -0.05) is 0 Å². The van der Waals surface area contributed by atoms with Crippen molar-refractivity contribution in [3.63, 3.8) is 0 Å². The molecule has 0 spiro atoms. The van der Waals surface area contributed by atoms with Crippen LogP contribution in [0.5, 0.6) is 0 Å². The topological polar surface area (TPSA) is 87.0 Å². The van der Waals surface area contributed by atoms with Crippen LogP contribution in [0.2, 0.25) is 0 Å². The first-order chi connectivity index (χ1) is 2.56. The molecule has 0 aliphatic heterocycles. The summed E-state index contributed by atoms with van der Waals surface area (Å²) in [5, 5.41) is 7.14. The zero-order valence-corrected chi connectivity index (χ0v) is 17.7. The van der Waals surface area contributed by atoms with Crippen LogP contribution in [0.3, 0.4) is 0 Å². The summed E-state index contributed by atoms with van der Waals surface area (Å²) in [5.41, 5.74) is 0. The van der Waals surface area contributed by atoms with E-state index in [0.29, 0.717) is 0 Å². The number of hydrogen-bond donors (Lipinski definition) is 3. The van der Waals surface area contributed by atoms with E-state index in [1.54, 1.807) is 0 Å². The van der Waals surface area contributed by atoms with E-state index in [-0.39, 0.29) is 168 Å². The fourth-order valence-electron chi connectivity index (χ4n) is 0. The van der Waals surface area contributed by atoms with Gasteiger partial charge in [0.15, 0.2) is 0 Å². The zero-order valence-electron chi connectivity index (χ0n) is 10.6. The van der Waals surface area contributed by atoms with Crippen molar-refractivity contribution in [2.24, 2.45) is 0 Å². The molecule has 5 nitrogen and oxygen atoms in total. The van der Waals surface area contributed by atoms with Crippen molar-refractivity contribution < 1.29 is 192 Å². The Balaban J connectivity index is -0.00000000446. The summed E-state index contributed by atoms with van der Waals surface area (Å²) in [7, 11) is -4.59. The minimum Gasteiger partial charge on any atom is -1.00 e. The first kappa shape index (κ1) is 29.5. The summed E-state index contributed by atoms with van der Waals surface area (Å²) in [6.45, 7) is 0. The van der Waals surface area contributed by atoms with E-state index in [1.807, 2.05) is 0 Å². The molecule has 0 amide bonds. The summed E-state index contributed by atoms with van der Waals surface area (Å²) in [6.07, 6.45) is 0. The third-order valence-corrected chi connectivity index (χ3v) is 0.319. The minimum absolute atomic E-state index is 0. The van der Waals surface area contributed by atoms with E-state index >= 15 is 0 Å². The van der Waals surface area contributed by atoms with Crippen molar-refractivity contribution >= 4 is 7.82 Å². The molecule has 0 aromatic carbocycles. The molecule has 0 aliphatic carbocycles. The molecular weight excluding hydrogens is 235 g/mol. The van der Waals surface area contributed by atoms with Crippen molar-refractivity contribution in [1.29, 1.82) is 0 Å². The predicted octanol–water partition coefficient (Wildman–Crippen LogP) is -12.0. The fraction of sp³-hybridized carbons (Fsp3) is 0. The molecule has 10 heavy (non-hydrogen) atoms. The fourth-order valence-corrected chi connectivity index (χ4v) is 0. The molecule has 0 unspecified atom stereocenters. The van der Waals surface area contributed by atoms with Gasteiger partial charge in [-0.05, 0) is 0 Å². The molecule has 46 valence electrons. The first-order valence-electron chi connectivity index (χ1n) is 0.948. The molecule has 0 fully saturated rings. The van der Waals surface area contributed by atoms with E-state index in [9.17, 15) is 4.57 Å². The van der Waals surface area contributed by atoms with Crippen LogP contribution in [-0.4, -0.2) is 15.0 Å². The summed E-state index contributed by atoms with van der Waals surface area (Å²) < 4.78 is 11.8. The van der Waals surface area contributed by atoms with E-state index in [4.69, 9.17) is 15.0 Å². The van der Waals surface area contributed by atoms with Crippen LogP contribution >= 0.6 is 7.82 Å². The molecular formula is H7K2Na2O5P. The van der Waals surface area contributed by atoms with Crippen LogP contribution in [0, 0.1) is 0 Å². The Kier molecular flexibility index (Phi) is 49.5. The Labute approximate surface area is 194 Å². The molecule has 0 saturated heterocycles. The molecule has 0 heterocycles. The molecule has 0 atom stereocenters. The molecule has 3 N–H and O–H groups in total. The molecule has 0 aromatic rings. The van der Waals surface area contributed by atoms with Gasteiger partial charge in [-0.15, -0.1) is 4.67 Å². The van der Waals surface area contributed by atoms with Gasteiger partial charge < -0.3 is 15.5 Å². The van der Waals surface area contributed by atoms with Gasteiger partial charge in [-0.25, -0.2) is 9.82 Å². The molecule has 0 aromatic heterocycles. The van der Waals surface area contributed by atoms with Crippen molar-refractivity contribution in [2.45, 2.75) is 0 Å². The number of phosphoric acid groups is 1. The van der Waals surface area contributed by atoms with Crippen LogP contribution < -0.4 is 162 Å². The molecule has 10 heteroatoms. The van der Waals surface area contributed by atoms with Gasteiger partial charge in [0.1, 0.15) is 0 Å². The summed E-state index contributed by atoms with van der Waals surface area (Å²) >= 11 is 0. The van der Waals surface area contributed by atoms with Crippen LogP contribution in [0.4, 0.5) is 0 Å². The van der Waals surface area contributed by atoms with Gasteiger partial charge >= 0.3 is 170 Å². The maximum absolute atomic E-state index is 9.22. The van der Waals surface area contributed by atoms with Crippen LogP contribution in [-0.2, 0) is 9.24 Å². The summed E-state index contributed by atoms with van der Waals surface area (Å²) in [6, 6.07) is 0. The van der Waals surface area contributed by atoms with Crippen molar-refractivity contribution in [3.8, 4) is 0 Å². The zero-order chi connectivity index (χ0) is 5.21. The molecule has 0 saturated carbocycles. The predicted molar refractivity (Wildman–Crippen MR) is 20.2 cm³/mol. The van der Waals surface area contributed by atoms with Crippen molar-refractivity contribution in [2.75, 3.05) is 0 Å². The molecule has 0 rings (SSSR count). The first-order valence-corrected chi connectivity index (χ1v) is 2.48. The Morgan fingerprint density at radius 3 is 1.30 bits per heavy atom. The summed E-state index contributed by atoms with van der Waals surface area (Å²) in [4.78, 5) is 14.9. The van der Waals surface area contributed by atoms with E-state index in [2.05, 4.69) is 4.67 Å². The summed E-state index contributed by atoms with van der Waals surface area (Å²) in [5.74, 6) is 0.